The fourth-order valence-electron chi connectivity index (χ4n) is 2.03. The van der Waals surface area contributed by atoms with Gasteiger partial charge in [0.25, 0.3) is 5.91 Å². The Kier molecular flexibility index (Phi) is 5.82. The van der Waals surface area contributed by atoms with Gasteiger partial charge in [0.15, 0.2) is 6.10 Å². The summed E-state index contributed by atoms with van der Waals surface area (Å²) in [7, 11) is 1.30. The molecule has 0 aromatic heterocycles. The van der Waals surface area contributed by atoms with Gasteiger partial charge in [0, 0.05) is 10.7 Å². The van der Waals surface area contributed by atoms with Gasteiger partial charge in [-0.25, -0.2) is 4.79 Å². The lowest BCUT2D eigenvalue weighted by Crippen LogP contribution is -2.30. The molecule has 1 N–H and O–H groups in total. The topological polar surface area (TPSA) is 64.6 Å². The molecule has 0 aliphatic carbocycles. The van der Waals surface area contributed by atoms with E-state index in [0.29, 0.717) is 22.0 Å². The number of carbonyl (C=O) groups excluding carboxylic acids is 2. The fraction of sp³-hybridized carbons (Fsp3) is 0.222. The zero-order valence-corrected chi connectivity index (χ0v) is 14.4. The Balaban J connectivity index is 2.03. The van der Waals surface area contributed by atoms with Crippen LogP contribution >= 0.6 is 11.6 Å². The zero-order valence-electron chi connectivity index (χ0n) is 13.6. The van der Waals surface area contributed by atoms with E-state index in [1.165, 1.54) is 7.11 Å². The summed E-state index contributed by atoms with van der Waals surface area (Å²) in [4.78, 5) is 23.8. The highest BCUT2D eigenvalue weighted by atomic mass is 35.5. The second-order valence-corrected chi connectivity index (χ2v) is 5.64. The highest BCUT2D eigenvalue weighted by Gasteiger charge is 2.16. The molecule has 1 amide bonds. The Morgan fingerprint density at radius 3 is 2.58 bits per heavy atom. The number of anilines is 1. The lowest BCUT2D eigenvalue weighted by Gasteiger charge is -2.15. The van der Waals surface area contributed by atoms with Crippen molar-refractivity contribution in [2.24, 2.45) is 0 Å². The van der Waals surface area contributed by atoms with Crippen LogP contribution in [0.2, 0.25) is 5.02 Å². The average Bonchev–Trinajstić information content (AvgIpc) is 2.57. The van der Waals surface area contributed by atoms with Gasteiger partial charge < -0.3 is 14.8 Å². The van der Waals surface area contributed by atoms with Gasteiger partial charge in [-0.2, -0.15) is 0 Å². The smallest absolute Gasteiger partial charge is 0.337 e. The third-order valence-corrected chi connectivity index (χ3v) is 3.79. The first-order valence-corrected chi connectivity index (χ1v) is 7.70. The van der Waals surface area contributed by atoms with Gasteiger partial charge in [-0.15, -0.1) is 0 Å². The van der Waals surface area contributed by atoms with Crippen LogP contribution in [0.3, 0.4) is 0 Å². The van der Waals surface area contributed by atoms with Crippen LogP contribution in [0.5, 0.6) is 5.75 Å². The van der Waals surface area contributed by atoms with Crippen LogP contribution in [-0.4, -0.2) is 25.1 Å². The molecule has 1 atom stereocenters. The van der Waals surface area contributed by atoms with E-state index in [9.17, 15) is 9.59 Å². The van der Waals surface area contributed by atoms with Crippen molar-refractivity contribution >= 4 is 29.2 Å². The minimum absolute atomic E-state index is 0.329. The standard InChI is InChI=1S/C18H18ClNO4/c1-11-9-15(7-8-16(11)19)24-12(2)17(21)20-14-6-4-5-13(10-14)18(22)23-3/h4-10,12H,1-3H3,(H,20,21)/t12-/m1/s1. The number of aryl methyl sites for hydroxylation is 1. The van der Waals surface area contributed by atoms with Crippen LogP contribution in [0, 0.1) is 6.92 Å². The Bertz CT molecular complexity index is 760. The van der Waals surface area contributed by atoms with E-state index in [1.54, 1.807) is 49.4 Å². The third-order valence-electron chi connectivity index (χ3n) is 3.36. The van der Waals surface area contributed by atoms with E-state index in [-0.39, 0.29) is 5.91 Å². The maximum absolute atomic E-state index is 12.2. The van der Waals surface area contributed by atoms with Crippen molar-refractivity contribution in [3.05, 3.63) is 58.6 Å². The van der Waals surface area contributed by atoms with Gasteiger partial charge in [-0.1, -0.05) is 17.7 Å². The maximum Gasteiger partial charge on any atom is 0.337 e. The van der Waals surface area contributed by atoms with Crippen molar-refractivity contribution in [3.63, 3.8) is 0 Å². The van der Waals surface area contributed by atoms with Gasteiger partial charge in [0.1, 0.15) is 5.75 Å². The minimum atomic E-state index is -0.715. The molecule has 0 unspecified atom stereocenters. The highest BCUT2D eigenvalue weighted by Crippen LogP contribution is 2.22. The summed E-state index contributed by atoms with van der Waals surface area (Å²) in [5.74, 6) is -0.237. The van der Waals surface area contributed by atoms with Gasteiger partial charge >= 0.3 is 5.97 Å². The van der Waals surface area contributed by atoms with Crippen molar-refractivity contribution in [1.29, 1.82) is 0 Å². The summed E-state index contributed by atoms with van der Waals surface area (Å²) < 4.78 is 10.3. The number of hydrogen-bond donors (Lipinski definition) is 1. The molecule has 24 heavy (non-hydrogen) atoms. The molecule has 0 bridgehead atoms. The molecule has 0 saturated carbocycles. The maximum atomic E-state index is 12.2. The first kappa shape index (κ1) is 17.8. The molecule has 6 heteroatoms. The number of nitrogens with one attached hydrogen (secondary N) is 1. The van der Waals surface area contributed by atoms with Crippen LogP contribution in [-0.2, 0) is 9.53 Å². The van der Waals surface area contributed by atoms with Crippen molar-refractivity contribution in [2.75, 3.05) is 12.4 Å². The Morgan fingerprint density at radius 2 is 1.92 bits per heavy atom. The molecule has 0 spiro atoms. The molecule has 0 aliphatic heterocycles. The minimum Gasteiger partial charge on any atom is -0.481 e. The number of benzene rings is 2. The molecule has 0 aliphatic rings. The van der Waals surface area contributed by atoms with E-state index in [0.717, 1.165) is 5.56 Å². The first-order valence-electron chi connectivity index (χ1n) is 7.32. The number of rotatable bonds is 5. The Morgan fingerprint density at radius 1 is 1.17 bits per heavy atom. The van der Waals surface area contributed by atoms with Crippen LogP contribution in [0.1, 0.15) is 22.8 Å². The van der Waals surface area contributed by atoms with Crippen molar-refractivity contribution in [2.45, 2.75) is 20.0 Å². The lowest BCUT2D eigenvalue weighted by atomic mass is 10.2. The average molecular weight is 348 g/mol. The monoisotopic (exact) mass is 347 g/mol. The molecule has 2 aromatic carbocycles. The molecule has 0 saturated heterocycles. The second-order valence-electron chi connectivity index (χ2n) is 5.23. The molecule has 0 heterocycles. The summed E-state index contributed by atoms with van der Waals surface area (Å²) in [6.07, 6.45) is -0.715. The molecule has 5 nitrogen and oxygen atoms in total. The van der Waals surface area contributed by atoms with Crippen LogP contribution in [0.4, 0.5) is 5.69 Å². The van der Waals surface area contributed by atoms with Crippen molar-refractivity contribution in [3.8, 4) is 5.75 Å². The molecular weight excluding hydrogens is 330 g/mol. The van der Waals surface area contributed by atoms with Crippen LogP contribution < -0.4 is 10.1 Å². The number of ether oxygens (including phenoxy) is 2. The highest BCUT2D eigenvalue weighted by molar-refractivity contribution is 6.31. The largest absolute Gasteiger partial charge is 0.481 e. The fourth-order valence-corrected chi connectivity index (χ4v) is 2.15. The Labute approximate surface area is 145 Å². The van der Waals surface area contributed by atoms with Gasteiger partial charge in [0.2, 0.25) is 0 Å². The summed E-state index contributed by atoms with van der Waals surface area (Å²) in [6.45, 7) is 3.50. The Hall–Kier alpha value is -2.53. The second kappa shape index (κ2) is 7.84. The predicted molar refractivity (Wildman–Crippen MR) is 92.7 cm³/mol. The zero-order chi connectivity index (χ0) is 17.7. The number of carbonyl (C=O) groups is 2. The summed E-state index contributed by atoms with van der Waals surface area (Å²) in [5.41, 5.74) is 1.72. The van der Waals surface area contributed by atoms with Crippen LogP contribution in [0.15, 0.2) is 42.5 Å². The van der Waals surface area contributed by atoms with E-state index < -0.39 is 12.1 Å². The van der Waals surface area contributed by atoms with Crippen molar-refractivity contribution in [1.82, 2.24) is 0 Å². The number of esters is 1. The van der Waals surface area contributed by atoms with E-state index in [1.807, 2.05) is 6.92 Å². The molecule has 0 fully saturated rings. The van der Waals surface area contributed by atoms with Gasteiger partial charge in [-0.3, -0.25) is 4.79 Å². The summed E-state index contributed by atoms with van der Waals surface area (Å²) >= 11 is 5.97. The number of halogens is 1. The predicted octanol–water partition coefficient (Wildman–Crippen LogP) is 3.84. The van der Waals surface area contributed by atoms with Gasteiger partial charge in [-0.05, 0) is 55.8 Å². The number of hydrogen-bond acceptors (Lipinski definition) is 4. The first-order chi connectivity index (χ1) is 11.4. The molecular formula is C18H18ClNO4. The quantitative estimate of drug-likeness (QED) is 0.834. The summed E-state index contributed by atoms with van der Waals surface area (Å²) in [5, 5.41) is 3.35. The number of methoxy groups -OCH3 is 1. The van der Waals surface area contributed by atoms with Gasteiger partial charge in [0.05, 0.1) is 12.7 Å². The van der Waals surface area contributed by atoms with Crippen LogP contribution in [0.25, 0.3) is 0 Å². The number of amides is 1. The lowest BCUT2D eigenvalue weighted by molar-refractivity contribution is -0.122. The molecule has 0 radical (unpaired) electrons. The molecule has 126 valence electrons. The summed E-state index contributed by atoms with van der Waals surface area (Å²) in [6, 6.07) is 11.7. The van der Waals surface area contributed by atoms with E-state index in [4.69, 9.17) is 16.3 Å². The van der Waals surface area contributed by atoms with E-state index in [2.05, 4.69) is 10.1 Å². The molecule has 2 aromatic rings. The molecule has 2 rings (SSSR count). The third kappa shape index (κ3) is 4.49. The normalized spacial score (nSPS) is 11.5. The van der Waals surface area contributed by atoms with Crippen molar-refractivity contribution < 1.29 is 19.1 Å². The SMILES string of the molecule is COC(=O)c1cccc(NC(=O)[C@@H](C)Oc2ccc(Cl)c(C)c2)c1. The van der Waals surface area contributed by atoms with E-state index >= 15 is 0 Å².